The van der Waals surface area contributed by atoms with Gasteiger partial charge in [-0.2, -0.15) is 0 Å². The maximum Gasteiger partial charge on any atom is 0.251 e. The van der Waals surface area contributed by atoms with Crippen LogP contribution in [0.2, 0.25) is 10.3 Å². The van der Waals surface area contributed by atoms with E-state index in [9.17, 15) is 9.90 Å². The molecule has 0 aliphatic heterocycles. The third-order valence-corrected chi connectivity index (χ3v) is 2.65. The normalized spacial score (nSPS) is 12.2. The number of rotatable bonds is 5. The van der Waals surface area contributed by atoms with Crippen molar-refractivity contribution in [2.24, 2.45) is 0 Å². The van der Waals surface area contributed by atoms with Crippen molar-refractivity contribution >= 4 is 29.1 Å². The highest BCUT2D eigenvalue weighted by Gasteiger charge is 2.09. The molecule has 0 radical (unpaired) electrons. The van der Waals surface area contributed by atoms with Gasteiger partial charge in [0, 0.05) is 12.1 Å². The Kier molecular flexibility index (Phi) is 5.68. The number of pyridine rings is 1. The van der Waals surface area contributed by atoms with E-state index in [1.54, 1.807) is 0 Å². The average molecular weight is 277 g/mol. The summed E-state index contributed by atoms with van der Waals surface area (Å²) in [5, 5.41) is 12.4. The molecule has 1 aromatic heterocycles. The van der Waals surface area contributed by atoms with E-state index < -0.39 is 0 Å². The summed E-state index contributed by atoms with van der Waals surface area (Å²) in [6.45, 7) is 2.29. The van der Waals surface area contributed by atoms with Crippen LogP contribution < -0.4 is 5.32 Å². The monoisotopic (exact) mass is 276 g/mol. The number of carbonyl (C=O) groups excluding carboxylic acids is 1. The summed E-state index contributed by atoms with van der Waals surface area (Å²) in [7, 11) is 0. The smallest absolute Gasteiger partial charge is 0.251 e. The van der Waals surface area contributed by atoms with Crippen LogP contribution in [0.15, 0.2) is 12.1 Å². The van der Waals surface area contributed by atoms with Crippen LogP contribution in [0.3, 0.4) is 0 Å². The molecule has 6 heteroatoms. The van der Waals surface area contributed by atoms with Gasteiger partial charge >= 0.3 is 0 Å². The van der Waals surface area contributed by atoms with Crippen LogP contribution in [0.4, 0.5) is 0 Å². The van der Waals surface area contributed by atoms with E-state index in [1.165, 1.54) is 12.1 Å². The molecule has 1 unspecified atom stereocenters. The van der Waals surface area contributed by atoms with E-state index >= 15 is 0 Å². The van der Waals surface area contributed by atoms with Crippen molar-refractivity contribution in [2.75, 3.05) is 6.54 Å². The molecule has 2 N–H and O–H groups in total. The highest BCUT2D eigenvalue weighted by molar-refractivity contribution is 6.33. The van der Waals surface area contributed by atoms with E-state index in [0.717, 1.165) is 0 Å². The summed E-state index contributed by atoms with van der Waals surface area (Å²) in [5.41, 5.74) is 0.362. The van der Waals surface area contributed by atoms with E-state index in [2.05, 4.69) is 10.3 Å². The summed E-state index contributed by atoms with van der Waals surface area (Å²) < 4.78 is 0. The molecule has 0 spiro atoms. The standard InChI is InChI=1S/C11H14Cl2N2O2/c1-2-8(16)3-4-14-11(17)7-5-9(12)15-10(13)6-7/h5-6,8,16H,2-4H2,1H3,(H,14,17). The number of hydrogen-bond acceptors (Lipinski definition) is 3. The van der Waals surface area contributed by atoms with Crippen molar-refractivity contribution in [1.29, 1.82) is 0 Å². The van der Waals surface area contributed by atoms with Gasteiger partial charge < -0.3 is 10.4 Å². The zero-order valence-corrected chi connectivity index (χ0v) is 10.9. The molecule has 0 saturated heterocycles. The summed E-state index contributed by atoms with van der Waals surface area (Å²) in [4.78, 5) is 15.4. The summed E-state index contributed by atoms with van der Waals surface area (Å²) >= 11 is 11.4. The van der Waals surface area contributed by atoms with Crippen LogP contribution in [0.25, 0.3) is 0 Å². The summed E-state index contributed by atoms with van der Waals surface area (Å²) in [6, 6.07) is 2.89. The second kappa shape index (κ2) is 6.79. The first-order valence-electron chi connectivity index (χ1n) is 5.32. The minimum atomic E-state index is -0.389. The number of hydrogen-bond donors (Lipinski definition) is 2. The van der Waals surface area contributed by atoms with Crippen molar-refractivity contribution in [1.82, 2.24) is 10.3 Å². The van der Waals surface area contributed by atoms with Gasteiger partial charge in [-0.1, -0.05) is 30.1 Å². The van der Waals surface area contributed by atoms with Gasteiger partial charge in [0.15, 0.2) is 0 Å². The number of halogens is 2. The number of aliphatic hydroxyl groups is 1. The fourth-order valence-electron chi connectivity index (χ4n) is 1.25. The van der Waals surface area contributed by atoms with Gasteiger partial charge in [-0.3, -0.25) is 4.79 Å². The molecule has 17 heavy (non-hydrogen) atoms. The van der Waals surface area contributed by atoms with E-state index in [0.29, 0.717) is 24.9 Å². The largest absolute Gasteiger partial charge is 0.393 e. The molecule has 0 aliphatic carbocycles. The lowest BCUT2D eigenvalue weighted by molar-refractivity contribution is 0.0942. The lowest BCUT2D eigenvalue weighted by atomic mass is 10.2. The molecule has 1 amide bonds. The molecule has 0 aliphatic rings. The van der Waals surface area contributed by atoms with E-state index in [-0.39, 0.29) is 22.3 Å². The Morgan fingerprint density at radius 2 is 2.06 bits per heavy atom. The maximum atomic E-state index is 11.7. The minimum absolute atomic E-state index is 0.177. The highest BCUT2D eigenvalue weighted by Crippen LogP contribution is 2.14. The molecule has 0 aromatic carbocycles. The Hall–Kier alpha value is -0.840. The molecular formula is C11H14Cl2N2O2. The molecule has 1 rings (SSSR count). The third kappa shape index (κ3) is 4.89. The maximum absolute atomic E-state index is 11.7. The number of nitrogens with zero attached hydrogens (tertiary/aromatic N) is 1. The van der Waals surface area contributed by atoms with Gasteiger partial charge in [-0.25, -0.2) is 4.98 Å². The first-order valence-corrected chi connectivity index (χ1v) is 6.08. The Morgan fingerprint density at radius 1 is 1.47 bits per heavy atom. The Balaban J connectivity index is 2.52. The van der Waals surface area contributed by atoms with Crippen LogP contribution in [0.1, 0.15) is 30.1 Å². The van der Waals surface area contributed by atoms with Gasteiger partial charge in [0.2, 0.25) is 0 Å². The molecular weight excluding hydrogens is 263 g/mol. The van der Waals surface area contributed by atoms with Crippen molar-refractivity contribution in [3.05, 3.63) is 28.0 Å². The van der Waals surface area contributed by atoms with Gasteiger partial charge in [-0.15, -0.1) is 0 Å². The van der Waals surface area contributed by atoms with Crippen molar-refractivity contribution in [3.63, 3.8) is 0 Å². The molecule has 0 saturated carbocycles. The molecule has 94 valence electrons. The molecule has 1 atom stereocenters. The Morgan fingerprint density at radius 3 is 2.59 bits per heavy atom. The van der Waals surface area contributed by atoms with Crippen molar-refractivity contribution in [3.8, 4) is 0 Å². The number of amides is 1. The summed E-state index contributed by atoms with van der Waals surface area (Å²) in [6.07, 6.45) is 0.803. The van der Waals surface area contributed by atoms with Crippen LogP contribution in [0.5, 0.6) is 0 Å². The molecule has 1 heterocycles. The van der Waals surface area contributed by atoms with Gasteiger partial charge in [0.25, 0.3) is 5.91 Å². The predicted molar refractivity (Wildman–Crippen MR) is 67.5 cm³/mol. The molecule has 1 aromatic rings. The van der Waals surface area contributed by atoms with Crippen molar-refractivity contribution < 1.29 is 9.90 Å². The van der Waals surface area contributed by atoms with Crippen molar-refractivity contribution in [2.45, 2.75) is 25.9 Å². The third-order valence-electron chi connectivity index (χ3n) is 2.26. The van der Waals surface area contributed by atoms with Crippen LogP contribution in [-0.4, -0.2) is 28.6 Å². The molecule has 0 bridgehead atoms. The Bertz CT molecular complexity index is 379. The first kappa shape index (κ1) is 14.2. The van der Waals surface area contributed by atoms with Gasteiger partial charge in [-0.05, 0) is 25.0 Å². The fraction of sp³-hybridized carbons (Fsp3) is 0.455. The number of aliphatic hydroxyl groups excluding tert-OH is 1. The van der Waals surface area contributed by atoms with Gasteiger partial charge in [0.05, 0.1) is 6.10 Å². The second-order valence-corrected chi connectivity index (χ2v) is 4.38. The lowest BCUT2D eigenvalue weighted by Crippen LogP contribution is -2.27. The minimum Gasteiger partial charge on any atom is -0.393 e. The lowest BCUT2D eigenvalue weighted by Gasteiger charge is -2.09. The zero-order valence-electron chi connectivity index (χ0n) is 9.41. The first-order chi connectivity index (χ1) is 8.02. The molecule has 4 nitrogen and oxygen atoms in total. The van der Waals surface area contributed by atoms with E-state index in [1.807, 2.05) is 6.92 Å². The van der Waals surface area contributed by atoms with Gasteiger partial charge in [0.1, 0.15) is 10.3 Å². The Labute approximate surface area is 110 Å². The fourth-order valence-corrected chi connectivity index (χ4v) is 1.71. The zero-order chi connectivity index (χ0) is 12.8. The highest BCUT2D eigenvalue weighted by atomic mass is 35.5. The number of aromatic nitrogens is 1. The van der Waals surface area contributed by atoms with Crippen LogP contribution in [-0.2, 0) is 0 Å². The SMILES string of the molecule is CCC(O)CCNC(=O)c1cc(Cl)nc(Cl)c1. The summed E-state index contributed by atoms with van der Waals surface area (Å²) in [5.74, 6) is -0.278. The van der Waals surface area contributed by atoms with Crippen LogP contribution in [0, 0.1) is 0 Å². The molecule has 0 fully saturated rings. The quantitative estimate of drug-likeness (QED) is 0.812. The van der Waals surface area contributed by atoms with E-state index in [4.69, 9.17) is 23.2 Å². The number of carbonyl (C=O) groups is 1. The number of nitrogens with one attached hydrogen (secondary N) is 1. The average Bonchev–Trinajstić information content (AvgIpc) is 2.27. The topological polar surface area (TPSA) is 62.2 Å². The second-order valence-electron chi connectivity index (χ2n) is 3.61. The predicted octanol–water partition coefficient (Wildman–Crippen LogP) is 2.28. The van der Waals surface area contributed by atoms with Crippen LogP contribution >= 0.6 is 23.2 Å².